The lowest BCUT2D eigenvalue weighted by Gasteiger charge is -2.37. The molecule has 1 unspecified atom stereocenters. The highest BCUT2D eigenvalue weighted by atomic mass is 28.3. The average Bonchev–Trinajstić information content (AvgIpc) is 2.15. The molecule has 2 nitrogen and oxygen atoms in total. The van der Waals surface area contributed by atoms with Gasteiger partial charge in [0.2, 0.25) is 0 Å². The third-order valence-corrected chi connectivity index (χ3v) is 5.88. The standard InChI is InChI=1S/C10H22O2Si/c1-4-12-13(11-3)10(2)8-6-5-7-9-10/h13H,4-9H2,1-3H3. The molecule has 78 valence electrons. The summed E-state index contributed by atoms with van der Waals surface area (Å²) in [5.74, 6) is 0. The fourth-order valence-corrected chi connectivity index (χ4v) is 4.59. The highest BCUT2D eigenvalue weighted by molar-refractivity contribution is 6.48. The van der Waals surface area contributed by atoms with E-state index >= 15 is 0 Å². The molecule has 1 atom stereocenters. The van der Waals surface area contributed by atoms with Crippen molar-refractivity contribution in [2.45, 2.75) is 51.0 Å². The molecule has 0 bridgehead atoms. The molecule has 0 heterocycles. The molecule has 0 radical (unpaired) electrons. The molecule has 0 aromatic rings. The van der Waals surface area contributed by atoms with E-state index in [-0.39, 0.29) is 0 Å². The summed E-state index contributed by atoms with van der Waals surface area (Å²) < 4.78 is 11.3. The van der Waals surface area contributed by atoms with E-state index in [1.165, 1.54) is 32.1 Å². The van der Waals surface area contributed by atoms with Crippen molar-refractivity contribution in [2.24, 2.45) is 0 Å². The van der Waals surface area contributed by atoms with Crippen molar-refractivity contribution in [3.8, 4) is 0 Å². The molecule has 0 saturated heterocycles. The van der Waals surface area contributed by atoms with E-state index < -0.39 is 9.28 Å². The van der Waals surface area contributed by atoms with Crippen molar-refractivity contribution in [3.63, 3.8) is 0 Å². The predicted octanol–water partition coefficient (Wildman–Crippen LogP) is 2.61. The minimum Gasteiger partial charge on any atom is -0.400 e. The predicted molar refractivity (Wildman–Crippen MR) is 57.2 cm³/mol. The minimum absolute atomic E-state index is 0.392. The Morgan fingerprint density at radius 2 is 1.85 bits per heavy atom. The van der Waals surface area contributed by atoms with Crippen LogP contribution in [0.2, 0.25) is 5.04 Å². The average molecular weight is 202 g/mol. The second kappa shape index (κ2) is 5.13. The lowest BCUT2D eigenvalue weighted by Crippen LogP contribution is -2.37. The summed E-state index contributed by atoms with van der Waals surface area (Å²) >= 11 is 0. The Labute approximate surface area is 83.5 Å². The summed E-state index contributed by atoms with van der Waals surface area (Å²) in [6, 6.07) is 0. The molecule has 1 aliphatic rings. The Balaban J connectivity index is 2.52. The largest absolute Gasteiger partial charge is 0.400 e. The maximum Gasteiger partial charge on any atom is 0.327 e. The highest BCUT2D eigenvalue weighted by Crippen LogP contribution is 2.45. The third kappa shape index (κ3) is 2.79. The summed E-state index contributed by atoms with van der Waals surface area (Å²) in [7, 11) is 0.403. The van der Waals surface area contributed by atoms with Crippen LogP contribution in [0.3, 0.4) is 0 Å². The molecule has 1 fully saturated rings. The van der Waals surface area contributed by atoms with Crippen molar-refractivity contribution in [2.75, 3.05) is 13.7 Å². The first kappa shape index (κ1) is 11.2. The molecule has 0 amide bonds. The summed E-state index contributed by atoms with van der Waals surface area (Å²) in [5.41, 5.74) is 0. The quantitative estimate of drug-likeness (QED) is 0.652. The van der Waals surface area contributed by atoms with Gasteiger partial charge in [-0.05, 0) is 19.8 Å². The second-order valence-electron chi connectivity index (χ2n) is 4.24. The lowest BCUT2D eigenvalue weighted by atomic mass is 9.90. The molecule has 1 saturated carbocycles. The fraction of sp³-hybridized carbons (Fsp3) is 1.00. The van der Waals surface area contributed by atoms with Crippen molar-refractivity contribution in [1.82, 2.24) is 0 Å². The fourth-order valence-electron chi connectivity index (χ4n) is 2.30. The Bertz CT molecular complexity index is 144. The van der Waals surface area contributed by atoms with Crippen LogP contribution in [0.4, 0.5) is 0 Å². The first-order valence-electron chi connectivity index (χ1n) is 5.37. The molecule has 0 spiro atoms. The van der Waals surface area contributed by atoms with Gasteiger partial charge in [0.15, 0.2) is 0 Å². The zero-order chi connectivity index (χ0) is 9.73. The Hall–Kier alpha value is 0.137. The monoisotopic (exact) mass is 202 g/mol. The van der Waals surface area contributed by atoms with Crippen LogP contribution in [0.25, 0.3) is 0 Å². The first-order chi connectivity index (χ1) is 6.23. The van der Waals surface area contributed by atoms with Crippen LogP contribution in [0.15, 0.2) is 0 Å². The van der Waals surface area contributed by atoms with E-state index in [0.29, 0.717) is 5.04 Å². The van der Waals surface area contributed by atoms with Crippen LogP contribution in [-0.2, 0) is 8.85 Å². The van der Waals surface area contributed by atoms with Gasteiger partial charge in [-0.2, -0.15) is 0 Å². The number of hydrogen-bond acceptors (Lipinski definition) is 2. The van der Waals surface area contributed by atoms with E-state index in [4.69, 9.17) is 8.85 Å². The molecular weight excluding hydrogens is 180 g/mol. The summed E-state index contributed by atoms with van der Waals surface area (Å²) in [6.45, 7) is 5.22. The van der Waals surface area contributed by atoms with E-state index in [9.17, 15) is 0 Å². The SMILES string of the molecule is CCO[SiH](OC)C1(C)CCCCC1. The molecule has 1 rings (SSSR count). The Morgan fingerprint density at radius 1 is 1.23 bits per heavy atom. The van der Waals surface area contributed by atoms with Crippen LogP contribution < -0.4 is 0 Å². The molecule has 0 aliphatic heterocycles. The zero-order valence-corrected chi connectivity index (χ0v) is 10.3. The molecule has 0 N–H and O–H groups in total. The van der Waals surface area contributed by atoms with Crippen LogP contribution in [-0.4, -0.2) is 23.0 Å². The van der Waals surface area contributed by atoms with E-state index in [1.807, 2.05) is 7.11 Å². The third-order valence-electron chi connectivity index (χ3n) is 3.10. The van der Waals surface area contributed by atoms with Crippen molar-refractivity contribution >= 4 is 9.28 Å². The topological polar surface area (TPSA) is 18.5 Å². The Morgan fingerprint density at radius 3 is 2.31 bits per heavy atom. The summed E-state index contributed by atoms with van der Waals surface area (Å²) in [6.07, 6.45) is 6.72. The van der Waals surface area contributed by atoms with Crippen molar-refractivity contribution in [1.29, 1.82) is 0 Å². The van der Waals surface area contributed by atoms with E-state index in [1.54, 1.807) is 0 Å². The Kier molecular flexibility index (Phi) is 4.42. The van der Waals surface area contributed by atoms with Gasteiger partial charge in [-0.3, -0.25) is 0 Å². The zero-order valence-electron chi connectivity index (χ0n) is 9.14. The van der Waals surface area contributed by atoms with Gasteiger partial charge in [0.25, 0.3) is 0 Å². The van der Waals surface area contributed by atoms with Crippen LogP contribution >= 0.6 is 0 Å². The van der Waals surface area contributed by atoms with Gasteiger partial charge in [-0.15, -0.1) is 0 Å². The molecule has 3 heteroatoms. The normalized spacial score (nSPS) is 24.2. The molecule has 1 aliphatic carbocycles. The van der Waals surface area contributed by atoms with Gasteiger partial charge in [0.1, 0.15) is 0 Å². The van der Waals surface area contributed by atoms with Gasteiger partial charge in [0, 0.05) is 18.8 Å². The molecule has 13 heavy (non-hydrogen) atoms. The van der Waals surface area contributed by atoms with Crippen molar-refractivity contribution in [3.05, 3.63) is 0 Å². The summed E-state index contributed by atoms with van der Waals surface area (Å²) in [5, 5.41) is 0.392. The second-order valence-corrected chi connectivity index (χ2v) is 7.10. The molecule has 0 aromatic heterocycles. The van der Waals surface area contributed by atoms with Crippen molar-refractivity contribution < 1.29 is 8.85 Å². The van der Waals surface area contributed by atoms with E-state index in [2.05, 4.69) is 13.8 Å². The number of rotatable bonds is 4. The van der Waals surface area contributed by atoms with Gasteiger partial charge in [-0.25, -0.2) is 0 Å². The summed E-state index contributed by atoms with van der Waals surface area (Å²) in [4.78, 5) is 0. The first-order valence-corrected chi connectivity index (χ1v) is 6.89. The highest BCUT2D eigenvalue weighted by Gasteiger charge is 2.38. The van der Waals surface area contributed by atoms with Gasteiger partial charge < -0.3 is 8.85 Å². The molecule has 0 aromatic carbocycles. The van der Waals surface area contributed by atoms with Crippen LogP contribution in [0, 0.1) is 0 Å². The maximum absolute atomic E-state index is 5.75. The van der Waals surface area contributed by atoms with Gasteiger partial charge in [0.05, 0.1) is 0 Å². The molecular formula is C10H22O2Si. The van der Waals surface area contributed by atoms with Gasteiger partial charge >= 0.3 is 9.28 Å². The minimum atomic E-state index is -1.41. The number of hydrogen-bond donors (Lipinski definition) is 0. The smallest absolute Gasteiger partial charge is 0.327 e. The van der Waals surface area contributed by atoms with Gasteiger partial charge in [-0.1, -0.05) is 26.2 Å². The van der Waals surface area contributed by atoms with Crippen LogP contribution in [0.1, 0.15) is 46.0 Å². The van der Waals surface area contributed by atoms with Crippen LogP contribution in [0.5, 0.6) is 0 Å². The lowest BCUT2D eigenvalue weighted by molar-refractivity contribution is 0.193. The maximum atomic E-state index is 5.75. The van der Waals surface area contributed by atoms with E-state index in [0.717, 1.165) is 6.61 Å².